The highest BCUT2D eigenvalue weighted by Gasteiger charge is 2.20. The first-order valence-electron chi connectivity index (χ1n) is 7.43. The van der Waals surface area contributed by atoms with Crippen molar-refractivity contribution in [3.05, 3.63) is 48.0 Å². The molecule has 2 aromatic rings. The summed E-state index contributed by atoms with van der Waals surface area (Å²) in [6, 6.07) is 6.61. The van der Waals surface area contributed by atoms with Crippen molar-refractivity contribution >= 4 is 5.95 Å². The zero-order valence-corrected chi connectivity index (χ0v) is 12.4. The average Bonchev–Trinajstić information content (AvgIpc) is 2.54. The molecule has 0 spiro atoms. The first-order chi connectivity index (χ1) is 10.7. The van der Waals surface area contributed by atoms with Gasteiger partial charge in [-0.2, -0.15) is 0 Å². The van der Waals surface area contributed by atoms with E-state index in [0.29, 0.717) is 5.95 Å². The molecule has 6 heteroatoms. The van der Waals surface area contributed by atoms with Crippen molar-refractivity contribution in [2.24, 2.45) is 0 Å². The molecule has 1 aliphatic heterocycles. The van der Waals surface area contributed by atoms with Gasteiger partial charge >= 0.3 is 0 Å². The van der Waals surface area contributed by atoms with Crippen LogP contribution in [-0.4, -0.2) is 28.8 Å². The number of benzene rings is 1. The zero-order chi connectivity index (χ0) is 15.4. The predicted octanol–water partition coefficient (Wildman–Crippen LogP) is 2.36. The van der Waals surface area contributed by atoms with Crippen LogP contribution in [0.25, 0.3) is 0 Å². The van der Waals surface area contributed by atoms with Crippen LogP contribution in [-0.2, 0) is 6.42 Å². The number of aromatic nitrogens is 2. The monoisotopic (exact) mass is 302 g/mol. The maximum absolute atomic E-state index is 13.2. The van der Waals surface area contributed by atoms with Gasteiger partial charge in [-0.15, -0.1) is 0 Å². The first-order valence-corrected chi connectivity index (χ1v) is 7.43. The molecule has 5 nitrogen and oxygen atoms in total. The third kappa shape index (κ3) is 3.71. The minimum absolute atomic E-state index is 0.0566. The second-order valence-electron chi connectivity index (χ2n) is 5.42. The molecule has 2 N–H and O–H groups in total. The number of hydrogen-bond donors (Lipinski definition) is 2. The highest BCUT2D eigenvalue weighted by Crippen LogP contribution is 2.27. The topological polar surface area (TPSA) is 59.1 Å². The lowest BCUT2D eigenvalue weighted by Gasteiger charge is -2.28. The summed E-state index contributed by atoms with van der Waals surface area (Å²) in [5, 5.41) is 6.58. The Hall–Kier alpha value is -2.21. The van der Waals surface area contributed by atoms with Crippen molar-refractivity contribution in [3.8, 4) is 5.75 Å². The maximum atomic E-state index is 13.2. The average molecular weight is 302 g/mol. The fourth-order valence-electron chi connectivity index (χ4n) is 2.45. The number of fused-ring (bicyclic) bond motifs is 1. The van der Waals surface area contributed by atoms with Crippen LogP contribution < -0.4 is 15.4 Å². The highest BCUT2D eigenvalue weighted by atomic mass is 19.1. The highest BCUT2D eigenvalue weighted by molar-refractivity contribution is 5.35. The van der Waals surface area contributed by atoms with Gasteiger partial charge in [0, 0.05) is 31.4 Å². The normalized spacial score (nSPS) is 18.2. The molecule has 1 aliphatic rings. The van der Waals surface area contributed by atoms with E-state index in [0.717, 1.165) is 30.7 Å². The Kier molecular flexibility index (Phi) is 4.48. The molecule has 3 rings (SSSR count). The lowest BCUT2D eigenvalue weighted by molar-refractivity contribution is 0.137. The number of halogens is 1. The standard InChI is InChI=1S/C16H19FN4O/c1-11(21-16-18-7-2-8-19-16)10-20-15-6-3-12-9-13(17)4-5-14(12)22-15/h2,4-5,7-9,11,15,20H,3,6,10H2,1H3,(H,18,19,21)/t11-,15?/m1/s1. The molecule has 0 fully saturated rings. The molecule has 1 aromatic heterocycles. The van der Waals surface area contributed by atoms with Crippen LogP contribution in [0.2, 0.25) is 0 Å². The Morgan fingerprint density at radius 1 is 1.36 bits per heavy atom. The molecule has 116 valence electrons. The number of nitrogens with one attached hydrogen (secondary N) is 2. The summed E-state index contributed by atoms with van der Waals surface area (Å²) >= 11 is 0. The quantitative estimate of drug-likeness (QED) is 0.888. The molecular formula is C16H19FN4O. The molecule has 2 atom stereocenters. The largest absolute Gasteiger partial charge is 0.475 e. The van der Waals surface area contributed by atoms with Gasteiger partial charge in [0.05, 0.1) is 0 Å². The van der Waals surface area contributed by atoms with Gasteiger partial charge in [0.1, 0.15) is 11.6 Å². The van der Waals surface area contributed by atoms with E-state index in [4.69, 9.17) is 4.74 Å². The minimum atomic E-state index is -0.213. The van der Waals surface area contributed by atoms with Crippen LogP contribution >= 0.6 is 0 Å². The number of aryl methyl sites for hydroxylation is 1. The Labute approximate surface area is 128 Å². The Morgan fingerprint density at radius 2 is 2.18 bits per heavy atom. The molecular weight excluding hydrogens is 283 g/mol. The molecule has 0 amide bonds. The van der Waals surface area contributed by atoms with Crippen molar-refractivity contribution in [2.45, 2.75) is 32.0 Å². The summed E-state index contributed by atoms with van der Waals surface area (Å²) in [4.78, 5) is 8.27. The van der Waals surface area contributed by atoms with E-state index in [2.05, 4.69) is 27.5 Å². The number of nitrogens with zero attached hydrogens (tertiary/aromatic N) is 2. The van der Waals surface area contributed by atoms with Gasteiger partial charge in [-0.05, 0) is 43.2 Å². The van der Waals surface area contributed by atoms with E-state index in [1.165, 1.54) is 6.07 Å². The van der Waals surface area contributed by atoms with Crippen molar-refractivity contribution < 1.29 is 9.13 Å². The van der Waals surface area contributed by atoms with Crippen LogP contribution in [0, 0.1) is 5.82 Å². The molecule has 22 heavy (non-hydrogen) atoms. The molecule has 0 bridgehead atoms. The molecule has 0 aliphatic carbocycles. The number of anilines is 1. The van der Waals surface area contributed by atoms with Crippen molar-refractivity contribution in [3.63, 3.8) is 0 Å². The number of hydrogen-bond acceptors (Lipinski definition) is 5. The summed E-state index contributed by atoms with van der Waals surface area (Å²) in [6.07, 6.45) is 4.99. The summed E-state index contributed by atoms with van der Waals surface area (Å²) < 4.78 is 19.0. The van der Waals surface area contributed by atoms with Gasteiger partial charge in [-0.1, -0.05) is 0 Å². The fourth-order valence-corrected chi connectivity index (χ4v) is 2.45. The molecule has 0 saturated heterocycles. The summed E-state index contributed by atoms with van der Waals surface area (Å²) in [7, 11) is 0. The lowest BCUT2D eigenvalue weighted by atomic mass is 10.0. The van der Waals surface area contributed by atoms with E-state index in [1.54, 1.807) is 30.6 Å². The van der Waals surface area contributed by atoms with Gasteiger partial charge in [0.25, 0.3) is 0 Å². The maximum Gasteiger partial charge on any atom is 0.222 e. The Bertz CT molecular complexity index is 623. The number of ether oxygens (including phenoxy) is 1. The molecule has 2 heterocycles. The van der Waals surface area contributed by atoms with Gasteiger partial charge in [-0.3, -0.25) is 5.32 Å². The van der Waals surface area contributed by atoms with Crippen LogP contribution in [0.4, 0.5) is 10.3 Å². The zero-order valence-electron chi connectivity index (χ0n) is 12.4. The first kappa shape index (κ1) is 14.7. The Balaban J connectivity index is 1.49. The van der Waals surface area contributed by atoms with Gasteiger partial charge in [0.2, 0.25) is 5.95 Å². The van der Waals surface area contributed by atoms with E-state index in [1.807, 2.05) is 0 Å². The fraction of sp³-hybridized carbons (Fsp3) is 0.375. The molecule has 1 aromatic carbocycles. The minimum Gasteiger partial charge on any atom is -0.475 e. The van der Waals surface area contributed by atoms with Crippen molar-refractivity contribution in [1.29, 1.82) is 0 Å². The SMILES string of the molecule is C[C@H](CNC1CCc2cc(F)ccc2O1)Nc1ncccn1. The van der Waals surface area contributed by atoms with Crippen molar-refractivity contribution in [2.75, 3.05) is 11.9 Å². The van der Waals surface area contributed by atoms with Crippen LogP contribution in [0.3, 0.4) is 0 Å². The van der Waals surface area contributed by atoms with E-state index < -0.39 is 0 Å². The molecule has 1 unspecified atom stereocenters. The number of rotatable bonds is 5. The Morgan fingerprint density at radius 3 is 3.00 bits per heavy atom. The molecule has 0 saturated carbocycles. The van der Waals surface area contributed by atoms with Crippen molar-refractivity contribution in [1.82, 2.24) is 15.3 Å². The lowest BCUT2D eigenvalue weighted by Crippen LogP contribution is -2.42. The van der Waals surface area contributed by atoms with E-state index in [9.17, 15) is 4.39 Å². The van der Waals surface area contributed by atoms with E-state index in [-0.39, 0.29) is 18.1 Å². The third-order valence-electron chi connectivity index (χ3n) is 3.56. The second kappa shape index (κ2) is 6.70. The van der Waals surface area contributed by atoms with Crippen LogP contribution in [0.5, 0.6) is 5.75 Å². The third-order valence-corrected chi connectivity index (χ3v) is 3.56. The van der Waals surface area contributed by atoms with Gasteiger partial charge < -0.3 is 10.1 Å². The second-order valence-corrected chi connectivity index (χ2v) is 5.42. The summed E-state index contributed by atoms with van der Waals surface area (Å²) in [6.45, 7) is 2.77. The molecule has 0 radical (unpaired) electrons. The summed E-state index contributed by atoms with van der Waals surface area (Å²) in [5.74, 6) is 1.16. The summed E-state index contributed by atoms with van der Waals surface area (Å²) in [5.41, 5.74) is 0.932. The smallest absolute Gasteiger partial charge is 0.222 e. The van der Waals surface area contributed by atoms with E-state index >= 15 is 0 Å². The van der Waals surface area contributed by atoms with Gasteiger partial charge in [-0.25, -0.2) is 14.4 Å². The van der Waals surface area contributed by atoms with Gasteiger partial charge in [0.15, 0.2) is 6.23 Å². The van der Waals surface area contributed by atoms with Crippen LogP contribution in [0.1, 0.15) is 18.9 Å². The van der Waals surface area contributed by atoms with Crippen LogP contribution in [0.15, 0.2) is 36.7 Å². The predicted molar refractivity (Wildman–Crippen MR) is 82.3 cm³/mol.